The quantitative estimate of drug-likeness (QED) is 0.795. The number of nitrogens with one attached hydrogen (secondary N) is 2. The maximum absolute atomic E-state index is 12.0. The highest BCUT2D eigenvalue weighted by atomic mass is 32.1. The average molecular weight is 331 g/mol. The molecule has 0 unspecified atom stereocenters. The minimum Gasteiger partial charge on any atom is -0.369 e. The van der Waals surface area contributed by atoms with E-state index in [1.54, 1.807) is 0 Å². The zero-order chi connectivity index (χ0) is 16.2. The number of aromatic nitrogens is 2. The topological polar surface area (TPSA) is 110 Å². The number of primary amides is 1. The summed E-state index contributed by atoms with van der Waals surface area (Å²) in [5.41, 5.74) is 6.30. The van der Waals surface area contributed by atoms with Crippen LogP contribution < -0.4 is 16.4 Å². The second-order valence-electron chi connectivity index (χ2n) is 5.42. The van der Waals surface area contributed by atoms with Gasteiger partial charge in [0.05, 0.1) is 5.92 Å². The lowest BCUT2D eigenvalue weighted by Crippen LogP contribution is -2.44. The van der Waals surface area contributed by atoms with Gasteiger partial charge in [-0.25, -0.2) is 4.79 Å². The van der Waals surface area contributed by atoms with E-state index in [2.05, 4.69) is 20.8 Å². The van der Waals surface area contributed by atoms with Crippen LogP contribution in [-0.4, -0.2) is 28.2 Å². The van der Waals surface area contributed by atoms with Crippen LogP contribution in [0.1, 0.15) is 19.3 Å². The molecule has 1 aromatic carbocycles. The van der Waals surface area contributed by atoms with Gasteiger partial charge in [-0.15, -0.1) is 10.2 Å². The van der Waals surface area contributed by atoms with Crippen molar-refractivity contribution in [1.29, 1.82) is 0 Å². The molecule has 4 N–H and O–H groups in total. The van der Waals surface area contributed by atoms with E-state index in [1.165, 1.54) is 11.3 Å². The molecule has 0 bridgehead atoms. The molecule has 1 saturated carbocycles. The molecule has 1 fully saturated rings. The van der Waals surface area contributed by atoms with E-state index in [9.17, 15) is 9.59 Å². The lowest BCUT2D eigenvalue weighted by Gasteiger charge is -2.17. The Labute approximate surface area is 137 Å². The summed E-state index contributed by atoms with van der Waals surface area (Å²) in [5, 5.41) is 14.6. The lowest BCUT2D eigenvalue weighted by atomic mass is 10.0. The number of anilines is 1. The van der Waals surface area contributed by atoms with Crippen molar-refractivity contribution in [2.75, 3.05) is 5.32 Å². The zero-order valence-corrected chi connectivity index (χ0v) is 13.2. The van der Waals surface area contributed by atoms with Crippen LogP contribution in [0.15, 0.2) is 30.3 Å². The van der Waals surface area contributed by atoms with Crippen molar-refractivity contribution in [1.82, 2.24) is 15.5 Å². The Kier molecular flexibility index (Phi) is 4.52. The maximum atomic E-state index is 12.0. The van der Waals surface area contributed by atoms with Gasteiger partial charge in [-0.1, -0.05) is 48.1 Å². The van der Waals surface area contributed by atoms with Crippen molar-refractivity contribution in [3.8, 4) is 10.6 Å². The summed E-state index contributed by atoms with van der Waals surface area (Å²) in [6.45, 7) is 0. The second-order valence-corrected chi connectivity index (χ2v) is 6.40. The number of hydrogen-bond acceptors (Lipinski definition) is 5. The van der Waals surface area contributed by atoms with Crippen LogP contribution in [-0.2, 0) is 4.79 Å². The number of carbonyl (C=O) groups is 2. The predicted molar refractivity (Wildman–Crippen MR) is 87.8 cm³/mol. The van der Waals surface area contributed by atoms with Crippen molar-refractivity contribution < 1.29 is 9.59 Å². The van der Waals surface area contributed by atoms with Gasteiger partial charge in [-0.2, -0.15) is 0 Å². The highest BCUT2D eigenvalue weighted by Crippen LogP contribution is 2.27. The van der Waals surface area contributed by atoms with Gasteiger partial charge in [-0.3, -0.25) is 10.1 Å². The zero-order valence-electron chi connectivity index (χ0n) is 12.4. The first-order valence-corrected chi connectivity index (χ1v) is 8.21. The Morgan fingerprint density at radius 2 is 1.96 bits per heavy atom. The van der Waals surface area contributed by atoms with Crippen LogP contribution in [0, 0.1) is 5.92 Å². The van der Waals surface area contributed by atoms with Gasteiger partial charge >= 0.3 is 6.03 Å². The molecule has 1 heterocycles. The predicted octanol–water partition coefficient (Wildman–Crippen LogP) is 1.98. The summed E-state index contributed by atoms with van der Waals surface area (Å²) in [4.78, 5) is 23.4. The highest BCUT2D eigenvalue weighted by Gasteiger charge is 2.32. The van der Waals surface area contributed by atoms with E-state index < -0.39 is 0 Å². The summed E-state index contributed by atoms with van der Waals surface area (Å²) < 4.78 is 0. The standard InChI is InChI=1S/C15H17N5O2S/c16-12(21)10-7-4-8-11(10)17-14(22)18-15-20-19-13(23-15)9-5-2-1-3-6-9/h1-3,5-6,10-11H,4,7-8H2,(H2,16,21)(H2,17,18,20,22)/t10-,11+/m0/s1. The number of carbonyl (C=O) groups excluding carboxylic acids is 2. The molecule has 7 nitrogen and oxygen atoms in total. The SMILES string of the molecule is NC(=O)[C@H]1CCC[C@H]1NC(=O)Nc1nnc(-c2ccccc2)s1. The third-order valence-corrected chi connectivity index (χ3v) is 4.75. The molecule has 120 valence electrons. The molecule has 1 aliphatic carbocycles. The van der Waals surface area contributed by atoms with Crippen LogP contribution in [0.2, 0.25) is 0 Å². The van der Waals surface area contributed by atoms with Gasteiger partial charge < -0.3 is 11.1 Å². The fraction of sp³-hybridized carbons (Fsp3) is 0.333. The summed E-state index contributed by atoms with van der Waals surface area (Å²) in [7, 11) is 0. The van der Waals surface area contributed by atoms with Crippen molar-refractivity contribution in [2.45, 2.75) is 25.3 Å². The second kappa shape index (κ2) is 6.74. The highest BCUT2D eigenvalue weighted by molar-refractivity contribution is 7.18. The number of benzene rings is 1. The number of hydrogen-bond donors (Lipinski definition) is 3. The Morgan fingerprint density at radius 1 is 1.17 bits per heavy atom. The largest absolute Gasteiger partial charge is 0.369 e. The van der Waals surface area contributed by atoms with E-state index >= 15 is 0 Å². The number of nitrogens with two attached hydrogens (primary N) is 1. The first kappa shape index (κ1) is 15.4. The monoisotopic (exact) mass is 331 g/mol. The molecule has 1 aliphatic rings. The van der Waals surface area contributed by atoms with E-state index in [0.29, 0.717) is 5.13 Å². The normalized spacial score (nSPS) is 20.2. The van der Waals surface area contributed by atoms with E-state index in [-0.39, 0.29) is 23.9 Å². The number of amides is 3. The maximum Gasteiger partial charge on any atom is 0.321 e. The van der Waals surface area contributed by atoms with Crippen molar-refractivity contribution >= 4 is 28.4 Å². The molecule has 3 amide bonds. The number of urea groups is 1. The molecule has 2 atom stereocenters. The number of rotatable bonds is 4. The third-order valence-electron chi connectivity index (χ3n) is 3.86. The van der Waals surface area contributed by atoms with Gasteiger partial charge in [0.1, 0.15) is 5.01 Å². The van der Waals surface area contributed by atoms with Crippen molar-refractivity contribution in [3.63, 3.8) is 0 Å². The van der Waals surface area contributed by atoms with Crippen LogP contribution in [0.4, 0.5) is 9.93 Å². The van der Waals surface area contributed by atoms with Crippen molar-refractivity contribution in [2.24, 2.45) is 11.7 Å². The molecule has 3 rings (SSSR count). The van der Waals surface area contributed by atoms with Crippen molar-refractivity contribution in [3.05, 3.63) is 30.3 Å². The van der Waals surface area contributed by atoms with Gasteiger partial charge in [0.25, 0.3) is 0 Å². The van der Waals surface area contributed by atoms with E-state index in [4.69, 9.17) is 5.73 Å². The Morgan fingerprint density at radius 3 is 2.70 bits per heavy atom. The first-order chi connectivity index (χ1) is 11.1. The average Bonchev–Trinajstić information content (AvgIpc) is 3.17. The first-order valence-electron chi connectivity index (χ1n) is 7.39. The molecular weight excluding hydrogens is 314 g/mol. The van der Waals surface area contributed by atoms with Gasteiger partial charge in [0.15, 0.2) is 0 Å². The fourth-order valence-corrected chi connectivity index (χ4v) is 3.49. The molecule has 0 radical (unpaired) electrons. The van der Waals surface area contributed by atoms with E-state index in [1.807, 2.05) is 30.3 Å². The minimum atomic E-state index is -0.390. The molecule has 2 aromatic rings. The summed E-state index contributed by atoms with van der Waals surface area (Å²) in [6, 6.07) is 9.02. The molecule has 8 heteroatoms. The fourth-order valence-electron chi connectivity index (χ4n) is 2.75. The van der Waals surface area contributed by atoms with Crippen LogP contribution in [0.5, 0.6) is 0 Å². The summed E-state index contributed by atoms with van der Waals surface area (Å²) in [6.07, 6.45) is 2.36. The Balaban J connectivity index is 1.60. The number of nitrogens with zero attached hydrogens (tertiary/aromatic N) is 2. The van der Waals surface area contributed by atoms with Crippen LogP contribution >= 0.6 is 11.3 Å². The summed E-state index contributed by atoms with van der Waals surface area (Å²) in [5.74, 6) is -0.662. The van der Waals surface area contributed by atoms with Crippen LogP contribution in [0.25, 0.3) is 10.6 Å². The van der Waals surface area contributed by atoms with Crippen LogP contribution in [0.3, 0.4) is 0 Å². The Bertz CT molecular complexity index is 703. The smallest absolute Gasteiger partial charge is 0.321 e. The molecule has 0 aliphatic heterocycles. The van der Waals surface area contributed by atoms with Gasteiger partial charge in [0, 0.05) is 11.6 Å². The Hall–Kier alpha value is -2.48. The van der Waals surface area contributed by atoms with Gasteiger partial charge in [0.2, 0.25) is 11.0 Å². The molecule has 23 heavy (non-hydrogen) atoms. The molecule has 0 spiro atoms. The molecule has 1 aromatic heterocycles. The third kappa shape index (κ3) is 3.65. The van der Waals surface area contributed by atoms with E-state index in [0.717, 1.165) is 29.8 Å². The summed E-state index contributed by atoms with van der Waals surface area (Å²) >= 11 is 1.29. The lowest BCUT2D eigenvalue weighted by molar-refractivity contribution is -0.122. The molecule has 0 saturated heterocycles. The minimum absolute atomic E-state index is 0.214. The van der Waals surface area contributed by atoms with Gasteiger partial charge in [-0.05, 0) is 12.8 Å². The molecular formula is C15H17N5O2S.